The van der Waals surface area contributed by atoms with Gasteiger partial charge in [-0.15, -0.1) is 0 Å². The lowest BCUT2D eigenvalue weighted by Gasteiger charge is -2.11. The Bertz CT molecular complexity index is 1020. The summed E-state index contributed by atoms with van der Waals surface area (Å²) in [6.45, 7) is 1.73. The molecule has 0 unspecified atom stereocenters. The van der Waals surface area contributed by atoms with Crippen LogP contribution in [0.3, 0.4) is 0 Å². The molecule has 0 bridgehead atoms. The molecule has 26 heavy (non-hydrogen) atoms. The minimum Gasteiger partial charge on any atom is -0.307 e. The Morgan fingerprint density at radius 2 is 1.58 bits per heavy atom. The van der Waals surface area contributed by atoms with Gasteiger partial charge in [0, 0.05) is 18.0 Å². The average Bonchev–Trinajstić information content (AvgIpc) is 2.63. The van der Waals surface area contributed by atoms with Crippen molar-refractivity contribution in [2.45, 2.75) is 11.8 Å². The van der Waals surface area contributed by atoms with Gasteiger partial charge >= 0.3 is 0 Å². The van der Waals surface area contributed by atoms with Crippen LogP contribution in [-0.4, -0.2) is 24.3 Å². The van der Waals surface area contributed by atoms with Crippen LogP contribution in [0.1, 0.15) is 15.9 Å². The van der Waals surface area contributed by atoms with Crippen molar-refractivity contribution < 1.29 is 13.2 Å². The SMILES string of the molecule is Cc1ccc(S(=O)(=O)Nc2ccccn2)cc1C(=O)Nc1ccccn1. The molecule has 2 aromatic heterocycles. The summed E-state index contributed by atoms with van der Waals surface area (Å²) in [5.41, 5.74) is 0.898. The average molecular weight is 368 g/mol. The molecule has 1 amide bonds. The van der Waals surface area contributed by atoms with Crippen LogP contribution in [0, 0.1) is 6.92 Å². The summed E-state index contributed by atoms with van der Waals surface area (Å²) in [6, 6.07) is 14.4. The van der Waals surface area contributed by atoms with Crippen molar-refractivity contribution in [3.63, 3.8) is 0 Å². The highest BCUT2D eigenvalue weighted by atomic mass is 32.2. The molecular weight excluding hydrogens is 352 g/mol. The largest absolute Gasteiger partial charge is 0.307 e. The van der Waals surface area contributed by atoms with Gasteiger partial charge in [0.25, 0.3) is 15.9 Å². The number of anilines is 2. The third-order valence-electron chi connectivity index (χ3n) is 3.57. The van der Waals surface area contributed by atoms with Crippen LogP contribution >= 0.6 is 0 Å². The van der Waals surface area contributed by atoms with Crippen molar-refractivity contribution >= 4 is 27.6 Å². The van der Waals surface area contributed by atoms with E-state index < -0.39 is 15.9 Å². The smallest absolute Gasteiger partial charge is 0.263 e. The van der Waals surface area contributed by atoms with Gasteiger partial charge in [-0.3, -0.25) is 9.52 Å². The van der Waals surface area contributed by atoms with Crippen LogP contribution in [0.4, 0.5) is 11.6 Å². The molecule has 8 heteroatoms. The fourth-order valence-electron chi connectivity index (χ4n) is 2.25. The maximum atomic E-state index is 12.6. The predicted molar refractivity (Wildman–Crippen MR) is 98.4 cm³/mol. The summed E-state index contributed by atoms with van der Waals surface area (Å²) >= 11 is 0. The Morgan fingerprint density at radius 3 is 2.19 bits per heavy atom. The predicted octanol–water partition coefficient (Wildman–Crippen LogP) is 2.84. The van der Waals surface area contributed by atoms with Gasteiger partial charge in [-0.05, 0) is 48.9 Å². The quantitative estimate of drug-likeness (QED) is 0.721. The highest BCUT2D eigenvalue weighted by Gasteiger charge is 2.19. The standard InChI is InChI=1S/C18H16N4O3S/c1-13-8-9-14(26(24,25)22-17-7-3-5-11-20-17)12-15(13)18(23)21-16-6-2-4-10-19-16/h2-12H,1H3,(H,20,22)(H,19,21,23). The van der Waals surface area contributed by atoms with Crippen molar-refractivity contribution in [3.8, 4) is 0 Å². The molecule has 0 atom stereocenters. The number of pyridine rings is 2. The highest BCUT2D eigenvalue weighted by Crippen LogP contribution is 2.19. The van der Waals surface area contributed by atoms with Gasteiger partial charge in [0.2, 0.25) is 0 Å². The molecule has 7 nitrogen and oxygen atoms in total. The third-order valence-corrected chi connectivity index (χ3v) is 4.93. The zero-order valence-corrected chi connectivity index (χ0v) is 14.7. The Labute approximate surface area is 151 Å². The molecular formula is C18H16N4O3S. The van der Waals surface area contributed by atoms with Crippen LogP contribution in [0.5, 0.6) is 0 Å². The number of nitrogens with one attached hydrogen (secondary N) is 2. The van der Waals surface area contributed by atoms with E-state index in [1.165, 1.54) is 18.3 Å². The lowest BCUT2D eigenvalue weighted by atomic mass is 10.1. The summed E-state index contributed by atoms with van der Waals surface area (Å²) in [5, 5.41) is 2.65. The van der Waals surface area contributed by atoms with Crippen LogP contribution < -0.4 is 10.0 Å². The summed E-state index contributed by atoms with van der Waals surface area (Å²) in [5.74, 6) is 0.153. The molecule has 2 heterocycles. The third kappa shape index (κ3) is 4.04. The molecule has 0 saturated carbocycles. The van der Waals surface area contributed by atoms with Gasteiger partial charge in [0.15, 0.2) is 0 Å². The molecule has 3 aromatic rings. The van der Waals surface area contributed by atoms with E-state index in [9.17, 15) is 13.2 Å². The number of hydrogen-bond donors (Lipinski definition) is 2. The minimum absolute atomic E-state index is 0.0278. The molecule has 0 aliphatic carbocycles. The minimum atomic E-state index is -3.87. The molecule has 0 fully saturated rings. The number of hydrogen-bond acceptors (Lipinski definition) is 5. The molecule has 0 spiro atoms. The lowest BCUT2D eigenvalue weighted by Crippen LogP contribution is -2.17. The Balaban J connectivity index is 1.88. The highest BCUT2D eigenvalue weighted by molar-refractivity contribution is 7.92. The van der Waals surface area contributed by atoms with E-state index in [0.717, 1.165) is 0 Å². The molecule has 0 aliphatic heterocycles. The van der Waals surface area contributed by atoms with Crippen molar-refractivity contribution in [2.75, 3.05) is 10.0 Å². The number of nitrogens with zero attached hydrogens (tertiary/aromatic N) is 2. The maximum absolute atomic E-state index is 12.6. The molecule has 1 aromatic carbocycles. The van der Waals surface area contributed by atoms with Crippen LogP contribution in [0.15, 0.2) is 71.9 Å². The number of rotatable bonds is 5. The molecule has 2 N–H and O–H groups in total. The molecule has 0 radical (unpaired) electrons. The van der Waals surface area contributed by atoms with E-state index in [4.69, 9.17) is 0 Å². The van der Waals surface area contributed by atoms with Gasteiger partial charge in [-0.1, -0.05) is 18.2 Å². The van der Waals surface area contributed by atoms with E-state index in [1.54, 1.807) is 55.6 Å². The van der Waals surface area contributed by atoms with Gasteiger partial charge in [0.1, 0.15) is 11.6 Å². The first-order valence-corrected chi connectivity index (χ1v) is 9.21. The Morgan fingerprint density at radius 1 is 0.923 bits per heavy atom. The zero-order valence-electron chi connectivity index (χ0n) is 13.9. The summed E-state index contributed by atoms with van der Waals surface area (Å²) in [7, 11) is -3.87. The molecule has 0 saturated heterocycles. The second-order valence-corrected chi connectivity index (χ2v) is 7.15. The second kappa shape index (κ2) is 7.32. The summed E-state index contributed by atoms with van der Waals surface area (Å²) in [6.07, 6.45) is 3.04. The second-order valence-electron chi connectivity index (χ2n) is 5.47. The Hall–Kier alpha value is -3.26. The van der Waals surface area contributed by atoms with Crippen molar-refractivity contribution in [3.05, 3.63) is 78.1 Å². The van der Waals surface area contributed by atoms with Gasteiger partial charge < -0.3 is 5.32 Å². The van der Waals surface area contributed by atoms with Crippen molar-refractivity contribution in [1.82, 2.24) is 9.97 Å². The van der Waals surface area contributed by atoms with Crippen molar-refractivity contribution in [2.24, 2.45) is 0 Å². The zero-order chi connectivity index (χ0) is 18.6. The monoisotopic (exact) mass is 368 g/mol. The normalized spacial score (nSPS) is 11.0. The fourth-order valence-corrected chi connectivity index (χ4v) is 3.29. The first kappa shape index (κ1) is 17.6. The summed E-state index contributed by atoms with van der Waals surface area (Å²) in [4.78, 5) is 20.4. The lowest BCUT2D eigenvalue weighted by molar-refractivity contribution is 0.102. The fraction of sp³-hybridized carbons (Fsp3) is 0.0556. The molecule has 132 valence electrons. The Kier molecular flexibility index (Phi) is 4.94. The summed E-state index contributed by atoms with van der Waals surface area (Å²) < 4.78 is 27.5. The number of amides is 1. The van der Waals surface area contributed by atoms with Gasteiger partial charge in [-0.25, -0.2) is 18.4 Å². The van der Waals surface area contributed by atoms with Crippen LogP contribution in [-0.2, 0) is 10.0 Å². The van der Waals surface area contributed by atoms with E-state index in [1.807, 2.05) is 0 Å². The van der Waals surface area contributed by atoms with Crippen LogP contribution in [0.25, 0.3) is 0 Å². The number of sulfonamides is 1. The van der Waals surface area contributed by atoms with Crippen LogP contribution in [0.2, 0.25) is 0 Å². The van der Waals surface area contributed by atoms with E-state index in [0.29, 0.717) is 11.4 Å². The van der Waals surface area contributed by atoms with Gasteiger partial charge in [0.05, 0.1) is 4.90 Å². The van der Waals surface area contributed by atoms with Crippen molar-refractivity contribution in [1.29, 1.82) is 0 Å². The first-order valence-electron chi connectivity index (χ1n) is 7.72. The maximum Gasteiger partial charge on any atom is 0.263 e. The van der Waals surface area contributed by atoms with E-state index in [2.05, 4.69) is 20.0 Å². The number of benzene rings is 1. The van der Waals surface area contributed by atoms with Gasteiger partial charge in [-0.2, -0.15) is 0 Å². The number of aryl methyl sites for hydroxylation is 1. The van der Waals surface area contributed by atoms with E-state index in [-0.39, 0.29) is 16.3 Å². The number of carbonyl (C=O) groups is 1. The van der Waals surface area contributed by atoms with E-state index >= 15 is 0 Å². The molecule has 0 aliphatic rings. The number of aromatic nitrogens is 2. The topological polar surface area (TPSA) is 101 Å². The molecule has 3 rings (SSSR count). The number of carbonyl (C=O) groups excluding carboxylic acids is 1. The first-order chi connectivity index (χ1) is 12.5.